The molecule has 0 saturated heterocycles. The van der Waals surface area contributed by atoms with Crippen LogP contribution < -0.4 is 0 Å². The molecule has 4 heteroatoms. The summed E-state index contributed by atoms with van der Waals surface area (Å²) in [6.45, 7) is 0. The van der Waals surface area contributed by atoms with Gasteiger partial charge in [-0.05, 0) is 0 Å². The molecule has 0 fully saturated rings. The zero-order valence-electron chi connectivity index (χ0n) is 21.8. The minimum atomic E-state index is -3.19. The average Bonchev–Trinajstić information content (AvgIpc) is 3.46. The van der Waals surface area contributed by atoms with Crippen LogP contribution in [0.3, 0.4) is 0 Å². The van der Waals surface area contributed by atoms with E-state index in [-0.39, 0.29) is 24.8 Å². The summed E-state index contributed by atoms with van der Waals surface area (Å²) < 4.78 is 1.30. The van der Waals surface area contributed by atoms with E-state index in [1.807, 2.05) is 11.1 Å². The van der Waals surface area contributed by atoms with E-state index in [1.54, 1.807) is 22.3 Å². The van der Waals surface area contributed by atoms with E-state index in [1.165, 1.54) is 62.5 Å². The molecule has 0 nitrogen and oxygen atoms in total. The molecule has 6 rings (SSSR count). The first-order chi connectivity index (χ1) is 16.4. The third-order valence-electron chi connectivity index (χ3n) is 9.20. The molecule has 4 aliphatic rings. The van der Waals surface area contributed by atoms with Gasteiger partial charge >= 0.3 is 209 Å². The summed E-state index contributed by atoms with van der Waals surface area (Å²) in [4.78, 5) is 0. The second kappa shape index (κ2) is 10.6. The first kappa shape index (κ1) is 27.9. The van der Waals surface area contributed by atoms with Crippen LogP contribution in [0, 0.1) is 0 Å². The van der Waals surface area contributed by atoms with Crippen LogP contribution in [-0.2, 0) is 14.0 Å². The zero-order valence-corrected chi connectivity index (χ0v) is 26.4. The topological polar surface area (TPSA) is 0 Å². The normalized spacial score (nSPS) is 23.8. The molecule has 0 radical (unpaired) electrons. The van der Waals surface area contributed by atoms with E-state index in [4.69, 9.17) is 0 Å². The Balaban J connectivity index is 0.00000152. The van der Waals surface area contributed by atoms with Gasteiger partial charge in [-0.25, -0.2) is 0 Å². The van der Waals surface area contributed by atoms with Crippen molar-refractivity contribution in [3.05, 3.63) is 106 Å². The van der Waals surface area contributed by atoms with Gasteiger partial charge < -0.3 is 0 Å². The van der Waals surface area contributed by atoms with Crippen molar-refractivity contribution in [2.24, 2.45) is 0 Å². The van der Waals surface area contributed by atoms with Gasteiger partial charge in [0.1, 0.15) is 0 Å². The predicted octanol–water partition coefficient (Wildman–Crippen LogP) is 9.68. The molecule has 2 aromatic rings. The van der Waals surface area contributed by atoms with E-state index in [2.05, 4.69) is 90.9 Å². The van der Waals surface area contributed by atoms with Gasteiger partial charge in [-0.3, -0.25) is 0 Å². The molecule has 0 bridgehead atoms. The molecular formula is C32H40Cl2SiTi. The molecular weight excluding hydrogens is 531 g/mol. The average molecular weight is 572 g/mol. The van der Waals surface area contributed by atoms with E-state index in [0.717, 1.165) is 0 Å². The molecule has 0 heterocycles. The number of allylic oxidation sites excluding steroid dienone is 8. The number of hydrogen-bond donors (Lipinski definition) is 0. The van der Waals surface area contributed by atoms with Crippen molar-refractivity contribution in [1.29, 1.82) is 0 Å². The van der Waals surface area contributed by atoms with Crippen LogP contribution in [0.1, 0.15) is 62.5 Å². The van der Waals surface area contributed by atoms with Gasteiger partial charge in [-0.15, -0.1) is 24.8 Å². The van der Waals surface area contributed by atoms with Crippen molar-refractivity contribution >= 4 is 43.6 Å². The van der Waals surface area contributed by atoms with Crippen LogP contribution in [-0.4, -0.2) is 7.63 Å². The third-order valence-corrected chi connectivity index (χ3v) is 20.5. The molecule has 0 N–H and O–H groups in total. The van der Waals surface area contributed by atoms with Crippen LogP contribution in [0.2, 0.25) is 18.9 Å². The zero-order chi connectivity index (χ0) is 23.4. The van der Waals surface area contributed by atoms with Crippen LogP contribution in [0.5, 0.6) is 0 Å². The van der Waals surface area contributed by atoms with E-state index >= 15 is 0 Å². The molecule has 2 unspecified atom stereocenters. The van der Waals surface area contributed by atoms with Crippen molar-refractivity contribution in [2.45, 2.75) is 70.3 Å². The second-order valence-corrected chi connectivity index (χ2v) is 32.4. The number of halogens is 2. The fourth-order valence-electron chi connectivity index (χ4n) is 7.90. The quantitative estimate of drug-likeness (QED) is 0.321. The Kier molecular flexibility index (Phi) is 8.21. The van der Waals surface area contributed by atoms with Crippen molar-refractivity contribution in [2.75, 3.05) is 0 Å². The molecule has 36 heavy (non-hydrogen) atoms. The summed E-state index contributed by atoms with van der Waals surface area (Å²) in [5.74, 6) is 0. The first-order valence-corrected chi connectivity index (χ1v) is 22.4. The number of hydrogen-bond acceptors (Lipinski definition) is 0. The van der Waals surface area contributed by atoms with E-state index < -0.39 is 14.0 Å². The summed E-state index contributed by atoms with van der Waals surface area (Å²) in [5.41, 5.74) is 13.3. The second-order valence-electron chi connectivity index (χ2n) is 12.2. The van der Waals surface area contributed by atoms with Gasteiger partial charge in [0.05, 0.1) is 0 Å². The summed E-state index contributed by atoms with van der Waals surface area (Å²) >= 11 is -3.19. The van der Waals surface area contributed by atoms with Gasteiger partial charge in [0, 0.05) is 0 Å². The summed E-state index contributed by atoms with van der Waals surface area (Å²) in [6, 6.07) is 22.8. The minimum absolute atomic E-state index is 0. The molecule has 2 aromatic carbocycles. The van der Waals surface area contributed by atoms with E-state index in [9.17, 15) is 0 Å². The van der Waals surface area contributed by atoms with Crippen molar-refractivity contribution in [1.82, 2.24) is 0 Å². The molecule has 2 atom stereocenters. The molecule has 190 valence electrons. The van der Waals surface area contributed by atoms with Crippen LogP contribution >= 0.6 is 24.8 Å². The summed E-state index contributed by atoms with van der Waals surface area (Å²) in [7, 11) is 2.51. The summed E-state index contributed by atoms with van der Waals surface area (Å²) in [5, 5.41) is 5.63. The monoisotopic (exact) mass is 570 g/mol. The molecule has 4 aliphatic carbocycles. The molecule has 0 aromatic heterocycles. The predicted molar refractivity (Wildman–Crippen MR) is 162 cm³/mol. The summed E-state index contributed by atoms with van der Waals surface area (Å²) in [6.07, 6.45) is 16.0. The van der Waals surface area contributed by atoms with Crippen molar-refractivity contribution < 1.29 is 14.0 Å². The molecule has 0 saturated carbocycles. The Morgan fingerprint density at radius 1 is 0.583 bits per heavy atom. The van der Waals surface area contributed by atoms with Gasteiger partial charge in [0.15, 0.2) is 0 Å². The molecule has 0 spiro atoms. The number of rotatable bonds is 4. The molecule has 0 amide bonds. The first-order valence-electron chi connectivity index (χ1n) is 13.5. The Bertz CT molecular complexity index is 1230. The Labute approximate surface area is 232 Å². The maximum absolute atomic E-state index is 3.19. The Hall–Kier alpha value is -1.09. The van der Waals surface area contributed by atoms with Gasteiger partial charge in [-0.1, -0.05) is 0 Å². The van der Waals surface area contributed by atoms with Crippen LogP contribution in [0.4, 0.5) is 0 Å². The van der Waals surface area contributed by atoms with Crippen LogP contribution in [0.15, 0.2) is 95.1 Å². The standard InChI is InChI=1S/2C15H15.2CH3.2ClH.H2Si.Ti/c2*1-2-6-12(7-3-1)15-10-13-8-4-5-9-14(13)11-15;;;;;;/h2*1-3,6-7,10-11H,4-5,8-9H2;2*1H3;2*1H;1H2;. The fourth-order valence-corrected chi connectivity index (χ4v) is 20.8. The Morgan fingerprint density at radius 2 is 0.944 bits per heavy atom. The fraction of sp³-hybridized carbons (Fsp3) is 0.375. The third kappa shape index (κ3) is 4.65. The van der Waals surface area contributed by atoms with Gasteiger partial charge in [-0.2, -0.15) is 0 Å². The Morgan fingerprint density at radius 3 is 1.33 bits per heavy atom. The number of benzene rings is 2. The molecule has 0 aliphatic heterocycles. The van der Waals surface area contributed by atoms with Crippen LogP contribution in [0.25, 0.3) is 11.1 Å². The van der Waals surface area contributed by atoms with Gasteiger partial charge in [0.25, 0.3) is 0 Å². The van der Waals surface area contributed by atoms with Crippen molar-refractivity contribution in [3.8, 4) is 0 Å². The van der Waals surface area contributed by atoms with Crippen molar-refractivity contribution in [3.63, 3.8) is 0 Å². The van der Waals surface area contributed by atoms with E-state index in [0.29, 0.717) is 8.45 Å². The SMILES string of the molecule is Cl.Cl.[CH3][Ti]([CH3])(=[SiH2])([CH]1C(c2ccccc2)=CC2=C1CCCC2)[CH]1C(c2ccccc2)=CC2=C1CCCC2. The van der Waals surface area contributed by atoms with Gasteiger partial charge in [0.2, 0.25) is 0 Å². The maximum atomic E-state index is 2.81.